The first-order valence-corrected chi connectivity index (χ1v) is 6.14. The molecule has 0 aliphatic carbocycles. The Kier molecular flexibility index (Phi) is 5.59. The average molecular weight is 253 g/mol. The summed E-state index contributed by atoms with van der Waals surface area (Å²) in [6, 6.07) is 1.43. The Morgan fingerprint density at radius 1 is 1.50 bits per heavy atom. The Bertz CT molecular complexity index is 351. The third kappa shape index (κ3) is 4.00. The van der Waals surface area contributed by atoms with E-state index in [1.165, 1.54) is 4.90 Å². The first kappa shape index (κ1) is 14.5. The van der Waals surface area contributed by atoms with E-state index in [0.717, 1.165) is 12.8 Å². The summed E-state index contributed by atoms with van der Waals surface area (Å²) in [5.74, 6) is -0.986. The number of carbonyl (C=O) groups is 2. The van der Waals surface area contributed by atoms with Crippen LogP contribution in [0.3, 0.4) is 0 Å². The molecule has 0 aromatic rings. The van der Waals surface area contributed by atoms with E-state index in [4.69, 9.17) is 10.4 Å². The number of rotatable bonds is 5. The molecule has 0 radical (unpaired) electrons. The molecule has 0 spiro atoms. The van der Waals surface area contributed by atoms with Gasteiger partial charge in [-0.3, -0.25) is 14.5 Å². The number of hydrogen-bond donors (Lipinski definition) is 1. The van der Waals surface area contributed by atoms with Gasteiger partial charge in [-0.2, -0.15) is 5.26 Å². The van der Waals surface area contributed by atoms with Gasteiger partial charge in [-0.25, -0.2) is 0 Å². The van der Waals surface area contributed by atoms with Crippen molar-refractivity contribution < 1.29 is 14.7 Å². The molecule has 1 amide bonds. The molecule has 0 saturated carbocycles. The van der Waals surface area contributed by atoms with Gasteiger partial charge >= 0.3 is 5.97 Å². The molecule has 100 valence electrons. The minimum atomic E-state index is -0.859. The van der Waals surface area contributed by atoms with Crippen LogP contribution in [0.5, 0.6) is 0 Å². The molecular weight excluding hydrogens is 234 g/mol. The second-order valence-corrected chi connectivity index (χ2v) is 4.54. The van der Waals surface area contributed by atoms with Crippen molar-refractivity contribution in [2.45, 2.75) is 31.7 Å². The van der Waals surface area contributed by atoms with Crippen molar-refractivity contribution in [1.29, 1.82) is 5.26 Å². The number of carboxylic acid groups (broad SMARTS) is 1. The van der Waals surface area contributed by atoms with Crippen LogP contribution in [0.4, 0.5) is 0 Å². The highest BCUT2D eigenvalue weighted by Crippen LogP contribution is 2.17. The molecule has 1 N–H and O–H groups in total. The highest BCUT2D eigenvalue weighted by molar-refractivity contribution is 5.80. The summed E-state index contributed by atoms with van der Waals surface area (Å²) in [5, 5.41) is 17.5. The topological polar surface area (TPSA) is 84.6 Å². The van der Waals surface area contributed by atoms with E-state index in [-0.39, 0.29) is 12.5 Å². The molecule has 6 heteroatoms. The van der Waals surface area contributed by atoms with Gasteiger partial charge in [0, 0.05) is 13.6 Å². The normalized spacial score (nSPS) is 20.1. The largest absolute Gasteiger partial charge is 0.480 e. The number of hydrogen-bond acceptors (Lipinski definition) is 4. The van der Waals surface area contributed by atoms with E-state index in [1.54, 1.807) is 11.9 Å². The average Bonchev–Trinajstić information content (AvgIpc) is 2.36. The Morgan fingerprint density at radius 2 is 2.22 bits per heavy atom. The van der Waals surface area contributed by atoms with Crippen LogP contribution in [0, 0.1) is 11.3 Å². The summed E-state index contributed by atoms with van der Waals surface area (Å²) in [5.41, 5.74) is 0. The van der Waals surface area contributed by atoms with Crippen molar-refractivity contribution in [3.63, 3.8) is 0 Å². The summed E-state index contributed by atoms with van der Waals surface area (Å²) >= 11 is 0. The molecule has 1 fully saturated rings. The molecule has 0 bridgehead atoms. The molecule has 1 aliphatic rings. The summed E-state index contributed by atoms with van der Waals surface area (Å²) < 4.78 is 0. The molecule has 6 nitrogen and oxygen atoms in total. The first-order chi connectivity index (χ1) is 8.56. The molecular formula is C12H19N3O3. The Morgan fingerprint density at radius 3 is 2.83 bits per heavy atom. The van der Waals surface area contributed by atoms with Crippen LogP contribution in [0.2, 0.25) is 0 Å². The second-order valence-electron chi connectivity index (χ2n) is 4.54. The summed E-state index contributed by atoms with van der Waals surface area (Å²) in [6.07, 6.45) is 2.72. The van der Waals surface area contributed by atoms with E-state index >= 15 is 0 Å². The van der Waals surface area contributed by atoms with E-state index in [0.29, 0.717) is 25.9 Å². The third-order valence-corrected chi connectivity index (χ3v) is 3.22. The molecule has 1 unspecified atom stereocenters. The number of piperidine rings is 1. The number of carbonyl (C=O) groups excluding carboxylic acids is 1. The standard InChI is InChI=1S/C12H19N3O3/c1-14(7-4-6-13)11(16)9-15-8-3-2-5-10(15)12(17)18/h10H,2-5,7-9H2,1H3,(H,17,18). The Balaban J connectivity index is 2.51. The zero-order chi connectivity index (χ0) is 13.5. The quantitative estimate of drug-likeness (QED) is 0.761. The molecule has 1 atom stereocenters. The Hall–Kier alpha value is -1.61. The predicted molar refractivity (Wildman–Crippen MR) is 64.7 cm³/mol. The van der Waals surface area contributed by atoms with Crippen molar-refractivity contribution in [3.8, 4) is 6.07 Å². The maximum atomic E-state index is 11.9. The lowest BCUT2D eigenvalue weighted by atomic mass is 10.0. The van der Waals surface area contributed by atoms with Crippen LogP contribution in [0.25, 0.3) is 0 Å². The van der Waals surface area contributed by atoms with Gasteiger partial charge in [0.25, 0.3) is 0 Å². The van der Waals surface area contributed by atoms with Crippen molar-refractivity contribution >= 4 is 11.9 Å². The van der Waals surface area contributed by atoms with Crippen LogP contribution in [-0.4, -0.2) is 59.5 Å². The number of likely N-dealkylation sites (N-methyl/N-ethyl adjacent to an activating group) is 1. The molecule has 1 rings (SSSR count). The highest BCUT2D eigenvalue weighted by atomic mass is 16.4. The molecule has 1 aliphatic heterocycles. The number of nitriles is 1. The van der Waals surface area contributed by atoms with Gasteiger partial charge in [-0.15, -0.1) is 0 Å². The number of nitrogens with zero attached hydrogens (tertiary/aromatic N) is 3. The van der Waals surface area contributed by atoms with Crippen molar-refractivity contribution in [3.05, 3.63) is 0 Å². The lowest BCUT2D eigenvalue weighted by molar-refractivity contribution is -0.146. The highest BCUT2D eigenvalue weighted by Gasteiger charge is 2.30. The predicted octanol–water partition coefficient (Wildman–Crippen LogP) is 0.298. The zero-order valence-corrected chi connectivity index (χ0v) is 10.6. The summed E-state index contributed by atoms with van der Waals surface area (Å²) in [7, 11) is 1.64. The summed E-state index contributed by atoms with van der Waals surface area (Å²) in [6.45, 7) is 1.16. The maximum Gasteiger partial charge on any atom is 0.320 e. The lowest BCUT2D eigenvalue weighted by Crippen LogP contribution is -2.49. The van der Waals surface area contributed by atoms with Gasteiger partial charge in [-0.1, -0.05) is 6.42 Å². The van der Waals surface area contributed by atoms with Gasteiger partial charge < -0.3 is 10.0 Å². The fourth-order valence-electron chi connectivity index (χ4n) is 2.10. The van der Waals surface area contributed by atoms with Crippen LogP contribution in [0.15, 0.2) is 0 Å². The minimum Gasteiger partial charge on any atom is -0.480 e. The number of aliphatic carboxylic acids is 1. The van der Waals surface area contributed by atoms with E-state index in [1.807, 2.05) is 6.07 Å². The number of likely N-dealkylation sites (tertiary alicyclic amines) is 1. The fraction of sp³-hybridized carbons (Fsp3) is 0.750. The SMILES string of the molecule is CN(CCC#N)C(=O)CN1CCCCC1C(=O)O. The first-order valence-electron chi connectivity index (χ1n) is 6.14. The van der Waals surface area contributed by atoms with Gasteiger partial charge in [0.1, 0.15) is 6.04 Å². The third-order valence-electron chi connectivity index (χ3n) is 3.22. The molecule has 18 heavy (non-hydrogen) atoms. The van der Waals surface area contributed by atoms with E-state index in [2.05, 4.69) is 0 Å². The Labute approximate surface area is 107 Å². The van der Waals surface area contributed by atoms with Gasteiger partial charge in [0.05, 0.1) is 19.0 Å². The molecule has 0 aromatic heterocycles. The van der Waals surface area contributed by atoms with Crippen molar-refractivity contribution in [2.75, 3.05) is 26.7 Å². The lowest BCUT2D eigenvalue weighted by Gasteiger charge is -2.33. The van der Waals surface area contributed by atoms with Crippen molar-refractivity contribution in [1.82, 2.24) is 9.80 Å². The molecule has 1 saturated heterocycles. The van der Waals surface area contributed by atoms with Gasteiger partial charge in [0.15, 0.2) is 0 Å². The summed E-state index contributed by atoms with van der Waals surface area (Å²) in [4.78, 5) is 26.1. The molecule has 1 heterocycles. The fourth-order valence-corrected chi connectivity index (χ4v) is 2.10. The minimum absolute atomic E-state index is 0.124. The van der Waals surface area contributed by atoms with Gasteiger partial charge in [-0.05, 0) is 19.4 Å². The van der Waals surface area contributed by atoms with E-state index < -0.39 is 12.0 Å². The monoisotopic (exact) mass is 253 g/mol. The smallest absolute Gasteiger partial charge is 0.320 e. The zero-order valence-electron chi connectivity index (χ0n) is 10.6. The second kappa shape index (κ2) is 6.97. The van der Waals surface area contributed by atoms with Crippen LogP contribution in [-0.2, 0) is 9.59 Å². The van der Waals surface area contributed by atoms with Crippen LogP contribution < -0.4 is 0 Å². The van der Waals surface area contributed by atoms with Crippen molar-refractivity contribution in [2.24, 2.45) is 0 Å². The van der Waals surface area contributed by atoms with Crippen LogP contribution in [0.1, 0.15) is 25.7 Å². The maximum absolute atomic E-state index is 11.9. The van der Waals surface area contributed by atoms with E-state index in [9.17, 15) is 9.59 Å². The van der Waals surface area contributed by atoms with Crippen LogP contribution >= 0.6 is 0 Å². The molecule has 0 aromatic carbocycles. The number of amides is 1. The number of carboxylic acids is 1. The van der Waals surface area contributed by atoms with Gasteiger partial charge in [0.2, 0.25) is 5.91 Å².